The first kappa shape index (κ1) is 24.5. The van der Waals surface area contributed by atoms with Crippen LogP contribution >= 0.6 is 11.8 Å². The highest BCUT2D eigenvalue weighted by atomic mass is 32.2. The van der Waals surface area contributed by atoms with Crippen LogP contribution < -0.4 is 10.2 Å². The van der Waals surface area contributed by atoms with E-state index in [2.05, 4.69) is 18.8 Å². The maximum atomic E-state index is 14.3. The maximum Gasteiger partial charge on any atom is 0.224 e. The van der Waals surface area contributed by atoms with Crippen LogP contribution in [0.25, 0.3) is 0 Å². The largest absolute Gasteiger partial charge is 0.327 e. The van der Waals surface area contributed by atoms with Crippen LogP contribution in [0.3, 0.4) is 0 Å². The molecule has 1 N–H and O–H groups in total. The number of thioether (sulfide) groups is 1. The molecule has 0 aromatic carbocycles. The summed E-state index contributed by atoms with van der Waals surface area (Å²) >= 11 is 1.56. The third-order valence-electron chi connectivity index (χ3n) is 4.34. The minimum Gasteiger partial charge on any atom is -0.327 e. The Labute approximate surface area is 174 Å². The molecular weight excluding hydrogens is 373 g/mol. The van der Waals surface area contributed by atoms with Gasteiger partial charge < -0.3 is 10.2 Å². The maximum absolute atomic E-state index is 14.3. The zero-order chi connectivity index (χ0) is 21.5. The summed E-state index contributed by atoms with van der Waals surface area (Å²) in [6, 6.07) is 1.86. The van der Waals surface area contributed by atoms with Gasteiger partial charge in [0, 0.05) is 13.0 Å². The van der Waals surface area contributed by atoms with Crippen LogP contribution in [0.5, 0.6) is 0 Å². The first-order chi connectivity index (χ1) is 13.0. The zero-order valence-electron chi connectivity index (χ0n) is 18.5. The summed E-state index contributed by atoms with van der Waals surface area (Å²) in [5.74, 6) is 1.38. The number of carbonyl (C=O) groups excluding carboxylic acids is 1. The number of amides is 1. The molecule has 1 aromatic heterocycles. The van der Waals surface area contributed by atoms with Gasteiger partial charge in [-0.3, -0.25) is 4.79 Å². The lowest BCUT2D eigenvalue weighted by Gasteiger charge is -2.27. The minimum absolute atomic E-state index is 0.0296. The molecule has 0 bridgehead atoms. The molecule has 1 heterocycles. The topological polar surface area (TPSA) is 45.2 Å². The highest BCUT2D eigenvalue weighted by molar-refractivity contribution is 7.99. The van der Waals surface area contributed by atoms with E-state index in [0.717, 1.165) is 40.4 Å². The van der Waals surface area contributed by atoms with E-state index in [-0.39, 0.29) is 11.3 Å². The van der Waals surface area contributed by atoms with Gasteiger partial charge in [-0.1, -0.05) is 46.8 Å². The Morgan fingerprint density at radius 1 is 1.39 bits per heavy atom. The van der Waals surface area contributed by atoms with Crippen LogP contribution in [-0.2, 0) is 4.79 Å². The number of pyridine rings is 1. The fourth-order valence-corrected chi connectivity index (χ4v) is 3.55. The van der Waals surface area contributed by atoms with Gasteiger partial charge in [0.15, 0.2) is 6.30 Å². The number of hydrogen-bond acceptors (Lipinski definition) is 4. The van der Waals surface area contributed by atoms with Crippen LogP contribution in [0, 0.1) is 12.3 Å². The van der Waals surface area contributed by atoms with Gasteiger partial charge in [0.05, 0.1) is 5.69 Å². The molecule has 1 rings (SSSR count). The average Bonchev–Trinajstić information content (AvgIpc) is 2.56. The van der Waals surface area contributed by atoms with Gasteiger partial charge in [-0.15, -0.1) is 11.8 Å². The smallest absolute Gasteiger partial charge is 0.224 e. The quantitative estimate of drug-likeness (QED) is 0.278. The lowest BCUT2D eigenvalue weighted by Crippen LogP contribution is -2.32. The van der Waals surface area contributed by atoms with Crippen molar-refractivity contribution in [2.24, 2.45) is 5.41 Å². The van der Waals surface area contributed by atoms with E-state index in [4.69, 9.17) is 4.98 Å². The molecule has 0 spiro atoms. The van der Waals surface area contributed by atoms with Gasteiger partial charge in [0.2, 0.25) is 5.91 Å². The Hall–Kier alpha value is -1.56. The molecule has 0 saturated heterocycles. The van der Waals surface area contributed by atoms with Crippen molar-refractivity contribution in [3.8, 4) is 0 Å². The summed E-state index contributed by atoms with van der Waals surface area (Å²) in [6.07, 6.45) is 0.886. The number of alkyl halides is 1. The Bertz CT molecular complexity index is 683. The van der Waals surface area contributed by atoms with Crippen molar-refractivity contribution in [1.29, 1.82) is 0 Å². The number of aromatic nitrogens is 1. The SMILES string of the molecule is C=C(CC)CCN(c1cc(C)c(NC(=O)CC(C)(C)C)c(SCC)n1)C(C)F. The van der Waals surface area contributed by atoms with E-state index in [1.807, 2.05) is 40.7 Å². The van der Waals surface area contributed by atoms with E-state index < -0.39 is 6.30 Å². The third-order valence-corrected chi connectivity index (χ3v) is 5.19. The molecule has 4 nitrogen and oxygen atoms in total. The number of nitrogens with zero attached hydrogens (tertiary/aromatic N) is 2. The Kier molecular flexibility index (Phi) is 9.48. The van der Waals surface area contributed by atoms with E-state index in [0.29, 0.717) is 18.8 Å². The number of hydrogen-bond donors (Lipinski definition) is 1. The molecule has 158 valence electrons. The third kappa shape index (κ3) is 7.82. The van der Waals surface area contributed by atoms with Crippen molar-refractivity contribution in [1.82, 2.24) is 4.98 Å². The van der Waals surface area contributed by atoms with Gasteiger partial charge in [-0.05, 0) is 49.5 Å². The molecule has 0 radical (unpaired) electrons. The van der Waals surface area contributed by atoms with Crippen LogP contribution in [0.1, 0.15) is 66.4 Å². The average molecular weight is 410 g/mol. The summed E-state index contributed by atoms with van der Waals surface area (Å²) < 4.78 is 14.3. The standard InChI is InChI=1S/C22H36FN3OS/c1-9-15(3)11-12-26(17(5)23)18-13-16(4)20(21(24-18)28-10-2)25-19(27)14-22(6,7)8/h13,17H,3,9-12,14H2,1-2,4-8H3,(H,25,27). The van der Waals surface area contributed by atoms with Gasteiger partial charge >= 0.3 is 0 Å². The Morgan fingerprint density at radius 3 is 2.54 bits per heavy atom. The van der Waals surface area contributed by atoms with E-state index in [1.54, 1.807) is 16.7 Å². The number of rotatable bonds is 10. The van der Waals surface area contributed by atoms with E-state index in [9.17, 15) is 9.18 Å². The van der Waals surface area contributed by atoms with E-state index in [1.165, 1.54) is 6.92 Å². The summed E-state index contributed by atoms with van der Waals surface area (Å²) in [5.41, 5.74) is 2.62. The van der Waals surface area contributed by atoms with Crippen molar-refractivity contribution in [3.05, 3.63) is 23.8 Å². The first-order valence-corrected chi connectivity index (χ1v) is 11.0. The summed E-state index contributed by atoms with van der Waals surface area (Å²) in [5, 5.41) is 3.76. The summed E-state index contributed by atoms with van der Waals surface area (Å²) in [6.45, 7) is 18.2. The normalized spacial score (nSPS) is 12.6. The van der Waals surface area contributed by atoms with Gasteiger partial charge in [-0.25, -0.2) is 9.37 Å². The molecule has 1 atom stereocenters. The van der Waals surface area contributed by atoms with Gasteiger partial charge in [0.25, 0.3) is 0 Å². The van der Waals surface area contributed by atoms with Crippen LogP contribution in [0.2, 0.25) is 0 Å². The molecule has 0 fully saturated rings. The molecule has 1 aromatic rings. The second kappa shape index (κ2) is 10.8. The molecule has 6 heteroatoms. The highest BCUT2D eigenvalue weighted by Gasteiger charge is 2.21. The molecule has 1 unspecified atom stereocenters. The lowest BCUT2D eigenvalue weighted by atomic mass is 9.92. The van der Waals surface area contributed by atoms with Crippen molar-refractivity contribution < 1.29 is 9.18 Å². The van der Waals surface area contributed by atoms with Gasteiger partial charge in [0.1, 0.15) is 10.8 Å². The van der Waals surface area contributed by atoms with Crippen molar-refractivity contribution >= 4 is 29.2 Å². The second-order valence-electron chi connectivity index (χ2n) is 8.32. The molecule has 0 aliphatic heterocycles. The molecule has 0 saturated carbocycles. The molecule has 0 aliphatic carbocycles. The number of aryl methyl sites for hydroxylation is 1. The fraction of sp³-hybridized carbons (Fsp3) is 0.636. The Balaban J connectivity index is 3.19. The fourth-order valence-electron chi connectivity index (χ4n) is 2.76. The molecule has 0 aliphatic rings. The number of halogens is 1. The predicted molar refractivity (Wildman–Crippen MR) is 120 cm³/mol. The lowest BCUT2D eigenvalue weighted by molar-refractivity contribution is -0.117. The molecule has 28 heavy (non-hydrogen) atoms. The van der Waals surface area contributed by atoms with Crippen LogP contribution in [0.4, 0.5) is 15.9 Å². The van der Waals surface area contributed by atoms with Crippen molar-refractivity contribution in [2.45, 2.75) is 79.1 Å². The summed E-state index contributed by atoms with van der Waals surface area (Å²) in [4.78, 5) is 18.8. The predicted octanol–water partition coefficient (Wildman–Crippen LogP) is 6.35. The summed E-state index contributed by atoms with van der Waals surface area (Å²) in [7, 11) is 0. The number of anilines is 2. The van der Waals surface area contributed by atoms with Crippen LogP contribution in [-0.4, -0.2) is 29.5 Å². The molecule has 1 amide bonds. The second-order valence-corrected chi connectivity index (χ2v) is 9.57. The van der Waals surface area contributed by atoms with Crippen molar-refractivity contribution in [2.75, 3.05) is 22.5 Å². The number of carbonyl (C=O) groups is 1. The minimum atomic E-state index is -1.16. The monoisotopic (exact) mass is 409 g/mol. The Morgan fingerprint density at radius 2 is 2.04 bits per heavy atom. The molecular formula is C22H36FN3OS. The first-order valence-electron chi connectivity index (χ1n) is 10.00. The van der Waals surface area contributed by atoms with E-state index >= 15 is 0 Å². The zero-order valence-corrected chi connectivity index (χ0v) is 19.3. The van der Waals surface area contributed by atoms with Crippen molar-refractivity contribution in [3.63, 3.8) is 0 Å². The van der Waals surface area contributed by atoms with Crippen LogP contribution in [0.15, 0.2) is 23.2 Å². The highest BCUT2D eigenvalue weighted by Crippen LogP contribution is 2.33. The number of nitrogens with one attached hydrogen (secondary N) is 1. The van der Waals surface area contributed by atoms with Gasteiger partial charge in [-0.2, -0.15) is 0 Å².